The van der Waals surface area contributed by atoms with E-state index in [0.717, 1.165) is 23.4 Å². The van der Waals surface area contributed by atoms with Crippen LogP contribution in [0.5, 0.6) is 5.75 Å². The van der Waals surface area contributed by atoms with Crippen LogP contribution in [0.3, 0.4) is 0 Å². The number of aryl methyl sites for hydroxylation is 1. The highest BCUT2D eigenvalue weighted by molar-refractivity contribution is 5.57. The summed E-state index contributed by atoms with van der Waals surface area (Å²) >= 11 is 0. The van der Waals surface area contributed by atoms with Gasteiger partial charge >= 0.3 is 0 Å². The molecular weight excluding hydrogens is 190 g/mol. The Morgan fingerprint density at radius 3 is 2.80 bits per heavy atom. The molecule has 3 nitrogen and oxygen atoms in total. The van der Waals surface area contributed by atoms with E-state index in [1.165, 1.54) is 0 Å². The third kappa shape index (κ3) is 3.44. The summed E-state index contributed by atoms with van der Waals surface area (Å²) in [5.74, 6) is 0.763. The molecule has 1 aromatic rings. The first-order valence-corrected chi connectivity index (χ1v) is 5.16. The Hall–Kier alpha value is -1.22. The summed E-state index contributed by atoms with van der Waals surface area (Å²) in [5.41, 5.74) is 7.67. The van der Waals surface area contributed by atoms with Gasteiger partial charge in [0.15, 0.2) is 0 Å². The Labute approximate surface area is 91.2 Å². The van der Waals surface area contributed by atoms with Gasteiger partial charge in [0.1, 0.15) is 5.75 Å². The lowest BCUT2D eigenvalue weighted by Crippen LogP contribution is -2.15. The quantitative estimate of drug-likeness (QED) is 0.757. The van der Waals surface area contributed by atoms with Crippen molar-refractivity contribution in [3.05, 3.63) is 23.8 Å². The summed E-state index contributed by atoms with van der Waals surface area (Å²) in [6, 6.07) is 5.82. The highest BCUT2D eigenvalue weighted by atomic mass is 16.5. The fourth-order valence-corrected chi connectivity index (χ4v) is 1.32. The molecule has 15 heavy (non-hydrogen) atoms. The summed E-state index contributed by atoms with van der Waals surface area (Å²) in [6.07, 6.45) is 0.984. The molecule has 2 N–H and O–H groups in total. The molecule has 0 bridgehead atoms. The normalized spacial score (nSPS) is 12.5. The predicted octanol–water partition coefficient (Wildman–Crippen LogP) is 2.38. The van der Waals surface area contributed by atoms with Crippen molar-refractivity contribution in [3.63, 3.8) is 0 Å². The van der Waals surface area contributed by atoms with Gasteiger partial charge in [-0.15, -0.1) is 0 Å². The van der Waals surface area contributed by atoms with Crippen molar-refractivity contribution in [2.75, 3.05) is 19.5 Å². The minimum absolute atomic E-state index is 0.119. The van der Waals surface area contributed by atoms with Gasteiger partial charge in [0.25, 0.3) is 0 Å². The van der Waals surface area contributed by atoms with Crippen LogP contribution in [0.2, 0.25) is 0 Å². The maximum absolute atomic E-state index is 5.90. The van der Waals surface area contributed by atoms with Crippen LogP contribution < -0.4 is 10.5 Å². The Morgan fingerprint density at radius 1 is 1.40 bits per heavy atom. The molecule has 1 rings (SSSR count). The third-order valence-corrected chi connectivity index (χ3v) is 2.34. The standard InChI is InChI=1S/C12H19NO2/c1-9-5-4-6-11(12(9)13)15-10(2)7-8-14-3/h4-6,10H,7-8,13H2,1-3H3. The zero-order valence-electron chi connectivity index (χ0n) is 9.62. The van der Waals surface area contributed by atoms with Gasteiger partial charge in [-0.3, -0.25) is 0 Å². The van der Waals surface area contributed by atoms with Gasteiger partial charge in [-0.2, -0.15) is 0 Å². The molecule has 0 heterocycles. The lowest BCUT2D eigenvalue weighted by Gasteiger charge is -2.16. The van der Waals surface area contributed by atoms with Gasteiger partial charge < -0.3 is 15.2 Å². The maximum Gasteiger partial charge on any atom is 0.142 e. The van der Waals surface area contributed by atoms with E-state index < -0.39 is 0 Å². The highest BCUT2D eigenvalue weighted by Gasteiger charge is 2.07. The second-order valence-corrected chi connectivity index (χ2v) is 3.70. The lowest BCUT2D eigenvalue weighted by atomic mass is 10.2. The van der Waals surface area contributed by atoms with Gasteiger partial charge in [0, 0.05) is 20.1 Å². The zero-order valence-corrected chi connectivity index (χ0v) is 9.62. The molecule has 0 radical (unpaired) electrons. The summed E-state index contributed by atoms with van der Waals surface area (Å²) in [4.78, 5) is 0. The van der Waals surface area contributed by atoms with Crippen LogP contribution >= 0.6 is 0 Å². The van der Waals surface area contributed by atoms with Crippen molar-refractivity contribution in [2.45, 2.75) is 26.4 Å². The lowest BCUT2D eigenvalue weighted by molar-refractivity contribution is 0.135. The van der Waals surface area contributed by atoms with Crippen molar-refractivity contribution >= 4 is 5.69 Å². The van der Waals surface area contributed by atoms with Crippen molar-refractivity contribution in [1.82, 2.24) is 0 Å². The number of hydrogen-bond donors (Lipinski definition) is 1. The summed E-state index contributed by atoms with van der Waals surface area (Å²) in [7, 11) is 1.69. The van der Waals surface area contributed by atoms with Gasteiger partial charge in [0.2, 0.25) is 0 Å². The average Bonchev–Trinajstić information content (AvgIpc) is 2.22. The van der Waals surface area contributed by atoms with Crippen LogP contribution in [0, 0.1) is 6.92 Å². The van der Waals surface area contributed by atoms with E-state index in [2.05, 4.69) is 0 Å². The molecule has 0 fully saturated rings. The largest absolute Gasteiger partial charge is 0.488 e. The number of hydrogen-bond acceptors (Lipinski definition) is 3. The van der Waals surface area contributed by atoms with Crippen LogP contribution in [0.15, 0.2) is 18.2 Å². The maximum atomic E-state index is 5.90. The van der Waals surface area contributed by atoms with E-state index in [4.69, 9.17) is 15.2 Å². The molecule has 0 spiro atoms. The van der Waals surface area contributed by atoms with Crippen LogP contribution in [-0.4, -0.2) is 19.8 Å². The summed E-state index contributed by atoms with van der Waals surface area (Å²) in [6.45, 7) is 4.69. The molecular formula is C12H19NO2. The first kappa shape index (κ1) is 11.9. The Morgan fingerprint density at radius 2 is 2.13 bits per heavy atom. The monoisotopic (exact) mass is 209 g/mol. The van der Waals surface area contributed by atoms with Crippen molar-refractivity contribution in [3.8, 4) is 5.75 Å². The summed E-state index contributed by atoms with van der Waals surface area (Å²) in [5, 5.41) is 0. The number of rotatable bonds is 5. The molecule has 0 saturated heterocycles. The van der Waals surface area contributed by atoms with Crippen LogP contribution in [0.1, 0.15) is 18.9 Å². The minimum Gasteiger partial charge on any atom is -0.488 e. The molecule has 3 heteroatoms. The third-order valence-electron chi connectivity index (χ3n) is 2.34. The van der Waals surface area contributed by atoms with Crippen molar-refractivity contribution in [2.24, 2.45) is 0 Å². The SMILES string of the molecule is COCCC(C)Oc1cccc(C)c1N. The predicted molar refractivity (Wildman–Crippen MR) is 62.2 cm³/mol. The zero-order chi connectivity index (χ0) is 11.3. The molecule has 0 aliphatic carbocycles. The first-order chi connectivity index (χ1) is 7.15. The molecule has 84 valence electrons. The van der Waals surface area contributed by atoms with E-state index in [0.29, 0.717) is 6.61 Å². The number of para-hydroxylation sites is 1. The fourth-order valence-electron chi connectivity index (χ4n) is 1.32. The number of methoxy groups -OCH3 is 1. The smallest absolute Gasteiger partial charge is 0.142 e. The van der Waals surface area contributed by atoms with Gasteiger partial charge in [0.05, 0.1) is 11.8 Å². The Kier molecular flexibility index (Phi) is 4.43. The van der Waals surface area contributed by atoms with E-state index in [9.17, 15) is 0 Å². The second-order valence-electron chi connectivity index (χ2n) is 3.70. The van der Waals surface area contributed by atoms with Crippen LogP contribution in [-0.2, 0) is 4.74 Å². The molecule has 1 atom stereocenters. The fraction of sp³-hybridized carbons (Fsp3) is 0.500. The number of ether oxygens (including phenoxy) is 2. The Bertz CT molecular complexity index is 312. The van der Waals surface area contributed by atoms with E-state index in [-0.39, 0.29) is 6.10 Å². The first-order valence-electron chi connectivity index (χ1n) is 5.16. The topological polar surface area (TPSA) is 44.5 Å². The number of nitrogen functional groups attached to an aromatic ring is 1. The van der Waals surface area contributed by atoms with Crippen LogP contribution in [0.25, 0.3) is 0 Å². The van der Waals surface area contributed by atoms with Gasteiger partial charge in [-0.25, -0.2) is 0 Å². The van der Waals surface area contributed by atoms with E-state index >= 15 is 0 Å². The van der Waals surface area contributed by atoms with Gasteiger partial charge in [-0.05, 0) is 25.5 Å². The minimum atomic E-state index is 0.119. The Balaban J connectivity index is 2.60. The molecule has 0 saturated carbocycles. The average molecular weight is 209 g/mol. The molecule has 0 aliphatic heterocycles. The highest BCUT2D eigenvalue weighted by Crippen LogP contribution is 2.25. The molecule has 1 aromatic carbocycles. The number of nitrogens with two attached hydrogens (primary N) is 1. The molecule has 0 aromatic heterocycles. The molecule has 0 amide bonds. The molecule has 1 unspecified atom stereocenters. The van der Waals surface area contributed by atoms with Crippen molar-refractivity contribution < 1.29 is 9.47 Å². The summed E-state index contributed by atoms with van der Waals surface area (Å²) < 4.78 is 10.7. The van der Waals surface area contributed by atoms with Crippen molar-refractivity contribution in [1.29, 1.82) is 0 Å². The number of anilines is 1. The van der Waals surface area contributed by atoms with Crippen LogP contribution in [0.4, 0.5) is 5.69 Å². The molecule has 0 aliphatic rings. The van der Waals surface area contributed by atoms with E-state index in [1.54, 1.807) is 7.11 Å². The number of benzene rings is 1. The van der Waals surface area contributed by atoms with Gasteiger partial charge in [-0.1, -0.05) is 12.1 Å². The second kappa shape index (κ2) is 5.61. The van der Waals surface area contributed by atoms with E-state index in [1.807, 2.05) is 32.0 Å².